The molecule has 0 radical (unpaired) electrons. The average Bonchev–Trinajstić information content (AvgIpc) is 2.37. The van der Waals surface area contributed by atoms with Gasteiger partial charge in [-0.25, -0.2) is 13.9 Å². The van der Waals surface area contributed by atoms with Crippen molar-refractivity contribution < 1.29 is 23.0 Å². The lowest BCUT2D eigenvalue weighted by Gasteiger charge is -2.23. The van der Waals surface area contributed by atoms with Gasteiger partial charge in [0.25, 0.3) is 5.91 Å². The molecule has 0 atom stereocenters. The predicted octanol–water partition coefficient (Wildman–Crippen LogP) is 0.763. The number of carbonyl (C=O) groups is 1. The highest BCUT2D eigenvalue weighted by Gasteiger charge is 2.29. The van der Waals surface area contributed by atoms with Crippen LogP contribution in [-0.4, -0.2) is 50.0 Å². The minimum atomic E-state index is -3.95. The van der Waals surface area contributed by atoms with E-state index in [1.807, 2.05) is 0 Å². The van der Waals surface area contributed by atoms with Crippen LogP contribution in [0.5, 0.6) is 0 Å². The predicted molar refractivity (Wildman–Crippen MR) is 74.6 cm³/mol. The normalized spacial score (nSPS) is 12.4. The first kappa shape index (κ1) is 16.8. The van der Waals surface area contributed by atoms with Crippen LogP contribution < -0.4 is 5.48 Å². The third kappa shape index (κ3) is 4.72. The van der Waals surface area contributed by atoms with E-state index in [0.29, 0.717) is 0 Å². The molecule has 1 aromatic carbocycles. The molecule has 0 saturated heterocycles. The van der Waals surface area contributed by atoms with Crippen LogP contribution in [0.4, 0.5) is 0 Å². The van der Waals surface area contributed by atoms with Crippen LogP contribution in [0.25, 0.3) is 0 Å². The summed E-state index contributed by atoms with van der Waals surface area (Å²) in [6.45, 7) is 2.26. The van der Waals surface area contributed by atoms with Crippen LogP contribution in [0.1, 0.15) is 0 Å². The summed E-state index contributed by atoms with van der Waals surface area (Å²) in [4.78, 5) is 11.2. The summed E-state index contributed by atoms with van der Waals surface area (Å²) in [6.07, 6.45) is -0.280. The van der Waals surface area contributed by atoms with Gasteiger partial charge >= 0.3 is 0 Å². The summed E-state index contributed by atoms with van der Waals surface area (Å²) in [5, 5.41) is 8.53. The maximum Gasteiger partial charge on any atom is 0.258 e. The second-order valence-corrected chi connectivity index (χ2v) is 10.0. The Bertz CT molecular complexity index is 611. The smallest absolute Gasteiger partial charge is 0.258 e. The highest BCUT2D eigenvalue weighted by Crippen LogP contribution is 2.38. The van der Waals surface area contributed by atoms with E-state index in [9.17, 15) is 17.8 Å². The van der Waals surface area contributed by atoms with Gasteiger partial charge in [-0.1, -0.05) is 18.2 Å². The molecule has 0 unspecified atom stereocenters. The van der Waals surface area contributed by atoms with Gasteiger partial charge in [-0.2, -0.15) is 4.31 Å². The van der Waals surface area contributed by atoms with Crippen LogP contribution in [0.3, 0.4) is 0 Å². The number of rotatable bonds is 6. The molecule has 0 spiro atoms. The minimum Gasteiger partial charge on any atom is -0.323 e. The molecule has 1 rings (SSSR count). The van der Waals surface area contributed by atoms with Crippen molar-refractivity contribution >= 4 is 23.1 Å². The first-order chi connectivity index (χ1) is 9.16. The lowest BCUT2D eigenvalue weighted by atomic mass is 10.4. The molecule has 20 heavy (non-hydrogen) atoms. The first-order valence-corrected chi connectivity index (χ1v) is 9.91. The Morgan fingerprint density at radius 2 is 1.85 bits per heavy atom. The molecule has 0 heterocycles. The lowest BCUT2D eigenvalue weighted by Crippen LogP contribution is -2.40. The second kappa shape index (κ2) is 6.49. The van der Waals surface area contributed by atoms with E-state index in [2.05, 4.69) is 0 Å². The van der Waals surface area contributed by atoms with Crippen LogP contribution >= 0.6 is 7.14 Å². The Hall–Kier alpha value is -1.21. The van der Waals surface area contributed by atoms with Gasteiger partial charge in [0.2, 0.25) is 10.0 Å². The fraction of sp³-hybridized carbons (Fsp3) is 0.364. The maximum atomic E-state index is 12.4. The molecule has 0 saturated carbocycles. The summed E-state index contributed by atoms with van der Waals surface area (Å²) < 4.78 is 37.5. The Morgan fingerprint density at radius 1 is 1.30 bits per heavy atom. The fourth-order valence-corrected chi connectivity index (χ4v) is 4.92. The molecule has 1 amide bonds. The van der Waals surface area contributed by atoms with Crippen molar-refractivity contribution in [2.45, 2.75) is 4.90 Å². The molecular weight excluding hydrogens is 303 g/mol. The van der Waals surface area contributed by atoms with Gasteiger partial charge in [-0.3, -0.25) is 10.0 Å². The van der Waals surface area contributed by atoms with Crippen molar-refractivity contribution in [3.63, 3.8) is 0 Å². The molecule has 0 aliphatic rings. The fourth-order valence-electron chi connectivity index (χ4n) is 1.53. The monoisotopic (exact) mass is 320 g/mol. The second-order valence-electron chi connectivity index (χ2n) is 4.68. The van der Waals surface area contributed by atoms with Crippen molar-refractivity contribution in [2.75, 3.05) is 26.2 Å². The van der Waals surface area contributed by atoms with Crippen molar-refractivity contribution in [3.8, 4) is 0 Å². The quantitative estimate of drug-likeness (QED) is 0.457. The summed E-state index contributed by atoms with van der Waals surface area (Å²) >= 11 is 0. The van der Waals surface area contributed by atoms with E-state index >= 15 is 0 Å². The largest absolute Gasteiger partial charge is 0.323 e. The molecule has 0 fully saturated rings. The Labute approximate surface area is 118 Å². The van der Waals surface area contributed by atoms with E-state index < -0.39 is 29.6 Å². The van der Waals surface area contributed by atoms with Gasteiger partial charge in [0.1, 0.15) is 0 Å². The zero-order chi connectivity index (χ0) is 15.4. The van der Waals surface area contributed by atoms with Gasteiger partial charge < -0.3 is 4.57 Å². The summed E-state index contributed by atoms with van der Waals surface area (Å²) in [5.74, 6) is -0.891. The third-order valence-corrected chi connectivity index (χ3v) is 5.34. The van der Waals surface area contributed by atoms with Crippen molar-refractivity contribution in [2.24, 2.45) is 0 Å². The summed E-state index contributed by atoms with van der Waals surface area (Å²) in [5.41, 5.74) is 1.37. The van der Waals surface area contributed by atoms with Crippen LogP contribution in [-0.2, 0) is 19.4 Å². The van der Waals surface area contributed by atoms with E-state index in [0.717, 1.165) is 4.31 Å². The molecule has 0 bridgehead atoms. The number of hydrogen-bond acceptors (Lipinski definition) is 5. The Kier molecular flexibility index (Phi) is 5.47. The zero-order valence-electron chi connectivity index (χ0n) is 11.2. The number of nitrogens with zero attached hydrogens (tertiary/aromatic N) is 1. The molecule has 0 aliphatic carbocycles. The van der Waals surface area contributed by atoms with Crippen LogP contribution in [0.2, 0.25) is 0 Å². The molecule has 1 aromatic rings. The summed E-state index contributed by atoms with van der Waals surface area (Å²) in [6, 6.07) is 7.53. The van der Waals surface area contributed by atoms with E-state index in [1.165, 1.54) is 30.9 Å². The van der Waals surface area contributed by atoms with Gasteiger partial charge in [0.05, 0.1) is 24.9 Å². The highest BCUT2D eigenvalue weighted by molar-refractivity contribution is 7.89. The summed E-state index contributed by atoms with van der Waals surface area (Å²) in [7, 11) is -6.67. The van der Waals surface area contributed by atoms with Crippen LogP contribution in [0.15, 0.2) is 35.2 Å². The number of hydroxylamine groups is 1. The standard InChI is InChI=1S/C11H17N2O5PS/c1-19(2,16)9-13(8-11(14)12-15)20(17,18)10-6-4-3-5-7-10/h3-7,15H,8-9H2,1-2H3,(H,12,14). The van der Waals surface area contributed by atoms with E-state index in [1.54, 1.807) is 18.2 Å². The number of benzene rings is 1. The number of carbonyl (C=O) groups excluding carboxylic acids is 1. The highest BCUT2D eigenvalue weighted by atomic mass is 32.2. The van der Waals surface area contributed by atoms with E-state index in [-0.39, 0.29) is 11.2 Å². The van der Waals surface area contributed by atoms with Crippen molar-refractivity contribution in [3.05, 3.63) is 30.3 Å². The lowest BCUT2D eigenvalue weighted by molar-refractivity contribution is -0.129. The molecule has 112 valence electrons. The maximum absolute atomic E-state index is 12.4. The van der Waals surface area contributed by atoms with E-state index in [4.69, 9.17) is 5.21 Å². The average molecular weight is 320 g/mol. The van der Waals surface area contributed by atoms with Crippen molar-refractivity contribution in [1.29, 1.82) is 0 Å². The Morgan fingerprint density at radius 3 is 2.30 bits per heavy atom. The minimum absolute atomic E-state index is 0.000750. The SMILES string of the molecule is CP(C)(=O)CN(CC(=O)NO)S(=O)(=O)c1ccccc1. The molecule has 7 nitrogen and oxygen atoms in total. The van der Waals surface area contributed by atoms with Crippen molar-refractivity contribution in [1.82, 2.24) is 9.79 Å². The third-order valence-electron chi connectivity index (χ3n) is 2.32. The van der Waals surface area contributed by atoms with Gasteiger partial charge in [0.15, 0.2) is 0 Å². The number of nitrogens with one attached hydrogen (secondary N) is 1. The molecule has 2 N–H and O–H groups in total. The topological polar surface area (TPSA) is 104 Å². The Balaban J connectivity index is 3.15. The van der Waals surface area contributed by atoms with Crippen LogP contribution in [0, 0.1) is 0 Å². The van der Waals surface area contributed by atoms with Gasteiger partial charge in [-0.15, -0.1) is 0 Å². The van der Waals surface area contributed by atoms with Gasteiger partial charge in [0, 0.05) is 0 Å². The number of amides is 1. The number of sulfonamides is 1. The molecule has 0 aromatic heterocycles. The van der Waals surface area contributed by atoms with Gasteiger partial charge in [-0.05, 0) is 25.5 Å². The molecule has 9 heteroatoms. The number of hydrogen-bond donors (Lipinski definition) is 2. The molecular formula is C11H17N2O5PS. The zero-order valence-corrected chi connectivity index (χ0v) is 12.9. The first-order valence-electron chi connectivity index (χ1n) is 5.69. The molecule has 0 aliphatic heterocycles.